The van der Waals surface area contributed by atoms with Crippen molar-refractivity contribution in [2.75, 3.05) is 19.7 Å². The Hall–Kier alpha value is -1.15. The number of sulfonamides is 1. The molecule has 1 aliphatic rings. The van der Waals surface area contributed by atoms with Gasteiger partial charge in [0.1, 0.15) is 6.10 Å². The largest absolute Gasteiger partial charge is 0.370 e. The van der Waals surface area contributed by atoms with Crippen molar-refractivity contribution < 1.29 is 13.2 Å². The highest BCUT2D eigenvalue weighted by Gasteiger charge is 2.30. The van der Waals surface area contributed by atoms with Crippen LogP contribution in [0.25, 0.3) is 0 Å². The summed E-state index contributed by atoms with van der Waals surface area (Å²) in [4.78, 5) is 0.215. The highest BCUT2D eigenvalue weighted by molar-refractivity contribution is 7.89. The smallest absolute Gasteiger partial charge is 0.240 e. The Morgan fingerprint density at radius 1 is 1.08 bits per heavy atom. The Labute approximate surface area is 157 Å². The summed E-state index contributed by atoms with van der Waals surface area (Å²) in [5, 5.41) is 4.04. The molecule has 5 nitrogen and oxygen atoms in total. The van der Waals surface area contributed by atoms with Gasteiger partial charge in [-0.25, -0.2) is 13.1 Å². The summed E-state index contributed by atoms with van der Waals surface area (Å²) in [5.74, 6) is 0. The van der Waals surface area contributed by atoms with Gasteiger partial charge in [-0.05, 0) is 29.8 Å². The van der Waals surface area contributed by atoms with Crippen molar-refractivity contribution in [3.05, 3.63) is 64.1 Å². The van der Waals surface area contributed by atoms with E-state index in [2.05, 4.69) is 10.0 Å². The molecule has 2 aromatic rings. The van der Waals surface area contributed by atoms with Crippen LogP contribution in [0.5, 0.6) is 0 Å². The van der Waals surface area contributed by atoms with Crippen molar-refractivity contribution in [3.63, 3.8) is 0 Å². The van der Waals surface area contributed by atoms with E-state index in [1.165, 1.54) is 0 Å². The van der Waals surface area contributed by atoms with Crippen LogP contribution < -0.4 is 10.0 Å². The van der Waals surface area contributed by atoms with Gasteiger partial charge in [-0.3, -0.25) is 0 Å². The molecule has 0 saturated carbocycles. The summed E-state index contributed by atoms with van der Waals surface area (Å²) in [6.45, 7) is 1.55. The van der Waals surface area contributed by atoms with Gasteiger partial charge < -0.3 is 10.1 Å². The lowest BCUT2D eigenvalue weighted by molar-refractivity contribution is 0.0493. The van der Waals surface area contributed by atoms with Gasteiger partial charge >= 0.3 is 0 Å². The third-order valence-corrected chi connectivity index (χ3v) is 6.18. The van der Waals surface area contributed by atoms with Crippen LogP contribution in [0.3, 0.4) is 0 Å². The molecular weight excluding hydrogens is 383 g/mol. The first-order valence-electron chi connectivity index (χ1n) is 7.82. The van der Waals surface area contributed by atoms with E-state index in [0.717, 1.165) is 5.56 Å². The molecule has 0 aromatic heterocycles. The Morgan fingerprint density at radius 3 is 2.56 bits per heavy atom. The predicted octanol–water partition coefficient (Wildman–Crippen LogP) is 3.00. The van der Waals surface area contributed by atoms with Gasteiger partial charge in [0, 0.05) is 13.1 Å². The van der Waals surface area contributed by atoms with E-state index in [1.54, 1.807) is 48.5 Å². The number of ether oxygens (including phenoxy) is 1. The minimum absolute atomic E-state index is 0.215. The van der Waals surface area contributed by atoms with E-state index < -0.39 is 22.2 Å². The maximum atomic E-state index is 12.7. The molecule has 0 radical (unpaired) electrons. The molecule has 0 aliphatic carbocycles. The van der Waals surface area contributed by atoms with Crippen molar-refractivity contribution in [3.8, 4) is 0 Å². The van der Waals surface area contributed by atoms with Gasteiger partial charge in [0.05, 0.1) is 27.6 Å². The van der Waals surface area contributed by atoms with E-state index in [1.807, 2.05) is 0 Å². The Morgan fingerprint density at radius 2 is 1.84 bits per heavy atom. The van der Waals surface area contributed by atoms with Crippen molar-refractivity contribution in [1.82, 2.24) is 10.0 Å². The summed E-state index contributed by atoms with van der Waals surface area (Å²) >= 11 is 12.1. The predicted molar refractivity (Wildman–Crippen MR) is 98.6 cm³/mol. The first kappa shape index (κ1) is 18.6. The lowest BCUT2D eigenvalue weighted by Gasteiger charge is -2.26. The fourth-order valence-electron chi connectivity index (χ4n) is 2.73. The maximum Gasteiger partial charge on any atom is 0.240 e. The Balaban J connectivity index is 1.89. The fraction of sp³-hybridized carbons (Fsp3) is 0.294. The quantitative estimate of drug-likeness (QED) is 0.827. The second kappa shape index (κ2) is 8.03. The van der Waals surface area contributed by atoms with Gasteiger partial charge in [0.15, 0.2) is 0 Å². The summed E-state index contributed by atoms with van der Waals surface area (Å²) in [6.07, 6.45) is -0.469. The molecule has 3 rings (SSSR count). The number of nitrogens with one attached hydrogen (secondary N) is 2. The van der Waals surface area contributed by atoms with Crippen LogP contribution >= 0.6 is 23.2 Å². The summed E-state index contributed by atoms with van der Waals surface area (Å²) in [5.41, 5.74) is 0.777. The van der Waals surface area contributed by atoms with E-state index in [9.17, 15) is 8.42 Å². The lowest BCUT2D eigenvalue weighted by atomic mass is 10.0. The van der Waals surface area contributed by atoms with Crippen molar-refractivity contribution >= 4 is 33.2 Å². The van der Waals surface area contributed by atoms with Gasteiger partial charge in [-0.1, -0.05) is 47.5 Å². The van der Waals surface area contributed by atoms with Crippen LogP contribution in [0.1, 0.15) is 11.7 Å². The highest BCUT2D eigenvalue weighted by Crippen LogP contribution is 2.30. The molecule has 0 spiro atoms. The van der Waals surface area contributed by atoms with Gasteiger partial charge in [0.2, 0.25) is 10.0 Å². The van der Waals surface area contributed by atoms with Crippen LogP contribution in [0.15, 0.2) is 53.4 Å². The number of hydrogen-bond donors (Lipinski definition) is 2. The Bertz CT molecular complexity index is 831. The second-order valence-corrected chi connectivity index (χ2v) is 8.24. The third-order valence-electron chi connectivity index (χ3n) is 3.94. The average molecular weight is 401 g/mol. The molecule has 134 valence electrons. The molecule has 8 heteroatoms. The zero-order valence-electron chi connectivity index (χ0n) is 13.3. The standard InChI is InChI=1S/C17H18Cl2N2O3S/c18-14-7-6-12(10-15(14)19)17-16(11-20-8-9-24-17)21-25(22,23)13-4-2-1-3-5-13/h1-7,10,16-17,20-21H,8-9,11H2. The molecule has 2 atom stereocenters. The fourth-order valence-corrected chi connectivity index (χ4v) is 4.29. The topological polar surface area (TPSA) is 67.4 Å². The van der Waals surface area contributed by atoms with Crippen LogP contribution in [-0.2, 0) is 14.8 Å². The number of halogens is 2. The van der Waals surface area contributed by atoms with E-state index in [0.29, 0.717) is 29.7 Å². The van der Waals surface area contributed by atoms with Crippen LogP contribution in [0.2, 0.25) is 10.0 Å². The zero-order valence-corrected chi connectivity index (χ0v) is 15.6. The van der Waals surface area contributed by atoms with Crippen LogP contribution in [0, 0.1) is 0 Å². The van der Waals surface area contributed by atoms with Crippen molar-refractivity contribution in [2.45, 2.75) is 17.0 Å². The molecule has 2 N–H and O–H groups in total. The minimum atomic E-state index is -3.66. The summed E-state index contributed by atoms with van der Waals surface area (Å²) < 4.78 is 34.0. The number of rotatable bonds is 4. The average Bonchev–Trinajstić information content (AvgIpc) is 2.83. The SMILES string of the molecule is O=S(=O)(NC1CNCCOC1c1ccc(Cl)c(Cl)c1)c1ccccc1. The number of benzene rings is 2. The lowest BCUT2D eigenvalue weighted by Crippen LogP contribution is -2.44. The molecule has 1 saturated heterocycles. The molecule has 1 fully saturated rings. The molecule has 25 heavy (non-hydrogen) atoms. The van der Waals surface area contributed by atoms with E-state index >= 15 is 0 Å². The zero-order chi connectivity index (χ0) is 17.9. The van der Waals surface area contributed by atoms with Crippen LogP contribution in [-0.4, -0.2) is 34.2 Å². The molecule has 1 aliphatic heterocycles. The molecule has 0 bridgehead atoms. The Kier molecular flexibility index (Phi) is 5.99. The van der Waals surface area contributed by atoms with Crippen molar-refractivity contribution in [1.29, 1.82) is 0 Å². The maximum absolute atomic E-state index is 12.7. The van der Waals surface area contributed by atoms with E-state index in [4.69, 9.17) is 27.9 Å². The van der Waals surface area contributed by atoms with Gasteiger partial charge in [-0.15, -0.1) is 0 Å². The second-order valence-electron chi connectivity index (χ2n) is 5.71. The first-order chi connectivity index (χ1) is 12.0. The highest BCUT2D eigenvalue weighted by atomic mass is 35.5. The number of hydrogen-bond acceptors (Lipinski definition) is 4. The van der Waals surface area contributed by atoms with Gasteiger partial charge in [-0.2, -0.15) is 0 Å². The molecule has 0 amide bonds. The molecule has 2 unspecified atom stereocenters. The monoisotopic (exact) mass is 400 g/mol. The summed E-state index contributed by atoms with van der Waals surface area (Å²) in [6, 6.07) is 13.0. The van der Waals surface area contributed by atoms with E-state index in [-0.39, 0.29) is 4.90 Å². The minimum Gasteiger partial charge on any atom is -0.370 e. The third kappa shape index (κ3) is 4.53. The van der Waals surface area contributed by atoms with Crippen LogP contribution in [0.4, 0.5) is 0 Å². The molecule has 1 heterocycles. The normalized spacial score (nSPS) is 21.7. The van der Waals surface area contributed by atoms with Crippen molar-refractivity contribution in [2.24, 2.45) is 0 Å². The molecular formula is C17H18Cl2N2O3S. The molecule has 2 aromatic carbocycles. The summed E-state index contributed by atoms with van der Waals surface area (Å²) in [7, 11) is -3.66. The van der Waals surface area contributed by atoms with Gasteiger partial charge in [0.25, 0.3) is 0 Å². The first-order valence-corrected chi connectivity index (χ1v) is 10.1.